The number of alkyl halides is 6. The van der Waals surface area contributed by atoms with Gasteiger partial charge in [-0.25, -0.2) is 17.6 Å². The van der Waals surface area contributed by atoms with Crippen molar-refractivity contribution in [2.45, 2.75) is 24.4 Å². The van der Waals surface area contributed by atoms with Crippen LogP contribution < -0.4 is 0 Å². The van der Waals surface area contributed by atoms with E-state index in [1.165, 1.54) is 0 Å². The van der Waals surface area contributed by atoms with Crippen LogP contribution in [0.4, 0.5) is 30.9 Å². The van der Waals surface area contributed by atoms with Crippen LogP contribution in [0.1, 0.15) is 0 Å². The van der Waals surface area contributed by atoms with Crippen LogP contribution in [-0.2, 0) is 19.2 Å². The molecule has 0 saturated carbocycles. The molecule has 0 spiro atoms. The molecule has 0 aromatic carbocycles. The molecule has 0 fully saturated rings. The fraction of sp³-hybridized carbons (Fsp3) is 1.00. The molecule has 2 atom stereocenters. The molecule has 0 N–H and O–H groups in total. The van der Waals surface area contributed by atoms with Crippen molar-refractivity contribution in [2.24, 2.45) is 0 Å². The Kier molecular flexibility index (Phi) is 8.22. The Morgan fingerprint density at radius 1 is 1.06 bits per heavy atom. The number of hydrogen-bond donors (Lipinski definition) is 0. The van der Waals surface area contributed by atoms with Gasteiger partial charge in [-0.2, -0.15) is 17.2 Å². The van der Waals surface area contributed by atoms with Gasteiger partial charge in [-0.05, 0) is 4.53 Å². The number of halogens is 7. The van der Waals surface area contributed by atoms with Gasteiger partial charge in [0.2, 0.25) is 0 Å². The summed E-state index contributed by atoms with van der Waals surface area (Å²) in [4.78, 5) is 0. The van der Waals surface area contributed by atoms with E-state index in [0.717, 1.165) is 0 Å². The van der Waals surface area contributed by atoms with Gasteiger partial charge in [0.1, 0.15) is 0 Å². The Morgan fingerprint density at radius 3 is 1.76 bits per heavy atom. The van der Waals surface area contributed by atoms with Crippen LogP contribution in [-0.4, -0.2) is 62.4 Å². The van der Waals surface area contributed by atoms with Crippen molar-refractivity contribution >= 4 is 39.7 Å². The monoisotopic (exact) mass is 304 g/mol. The van der Waals surface area contributed by atoms with E-state index in [2.05, 4.69) is 4.74 Å². The predicted molar refractivity (Wildman–Crippen MR) is 40.1 cm³/mol. The third-order valence-corrected chi connectivity index (χ3v) is 2.15. The molecule has 0 aliphatic carbocycles. The number of rotatable bonds is 6. The standard InChI is InChI=1S/C4H3F7O4S.Na.H/c5-1(6)2(7)14-3(8)4(9,10)16(12,13)15-11;;/h1-3H;;. The molecule has 0 aliphatic heterocycles. The molecule has 0 amide bonds. The Balaban J connectivity index is 0. The quantitative estimate of drug-likeness (QED) is 0.543. The van der Waals surface area contributed by atoms with Crippen LogP contribution in [0.2, 0.25) is 0 Å². The van der Waals surface area contributed by atoms with Gasteiger partial charge in [-0.3, -0.25) is 0 Å². The van der Waals surface area contributed by atoms with E-state index in [1.54, 1.807) is 4.39 Å². The first-order valence-electron chi connectivity index (χ1n) is 3.20. The average molecular weight is 304 g/mol. The van der Waals surface area contributed by atoms with Crippen LogP contribution in [0.3, 0.4) is 0 Å². The van der Waals surface area contributed by atoms with Gasteiger partial charge >= 0.3 is 44.9 Å². The van der Waals surface area contributed by atoms with Gasteiger partial charge in [-0.1, -0.05) is 4.39 Å². The maximum atomic E-state index is 12.4. The van der Waals surface area contributed by atoms with E-state index in [1.807, 2.05) is 0 Å². The average Bonchev–Trinajstić information content (AvgIpc) is 2.16. The molecule has 0 saturated heterocycles. The summed E-state index contributed by atoms with van der Waals surface area (Å²) in [5.41, 5.74) is 0. The van der Waals surface area contributed by atoms with E-state index in [0.29, 0.717) is 0 Å². The van der Waals surface area contributed by atoms with Gasteiger partial charge < -0.3 is 4.74 Å². The molecule has 0 aromatic heterocycles. The van der Waals surface area contributed by atoms with Crippen LogP contribution in [0, 0.1) is 0 Å². The van der Waals surface area contributed by atoms with Crippen LogP contribution in [0.15, 0.2) is 0 Å². The molecule has 0 aromatic rings. The molecule has 0 bridgehead atoms. The van der Waals surface area contributed by atoms with Crippen molar-refractivity contribution in [1.29, 1.82) is 0 Å². The molecule has 0 rings (SSSR count). The summed E-state index contributed by atoms with van der Waals surface area (Å²) in [6, 6.07) is 0. The van der Waals surface area contributed by atoms with Crippen LogP contribution >= 0.6 is 0 Å². The molecule has 0 radical (unpaired) electrons. The van der Waals surface area contributed by atoms with Crippen molar-refractivity contribution in [3.05, 3.63) is 0 Å². The van der Waals surface area contributed by atoms with E-state index in [9.17, 15) is 39.3 Å². The molecular formula is C4H4F7NaO4S. The van der Waals surface area contributed by atoms with Gasteiger partial charge in [0.05, 0.1) is 0 Å². The van der Waals surface area contributed by atoms with Gasteiger partial charge in [0.25, 0.3) is 19.1 Å². The Hall–Kier alpha value is 0.380. The Labute approximate surface area is 112 Å². The van der Waals surface area contributed by atoms with Crippen molar-refractivity contribution in [2.75, 3.05) is 0 Å². The second kappa shape index (κ2) is 7.09. The van der Waals surface area contributed by atoms with Crippen LogP contribution in [0.5, 0.6) is 0 Å². The number of ether oxygens (including phenoxy) is 1. The minimum atomic E-state index is -6.38. The summed E-state index contributed by atoms with van der Waals surface area (Å²) in [6.07, 6.45) is -12.1. The first-order chi connectivity index (χ1) is 7.06. The topological polar surface area (TPSA) is 52.6 Å². The van der Waals surface area contributed by atoms with E-state index in [-0.39, 0.29) is 29.6 Å². The summed E-state index contributed by atoms with van der Waals surface area (Å²) >= 11 is 0. The fourth-order valence-corrected chi connectivity index (χ4v) is 0.775. The van der Waals surface area contributed by atoms with Crippen molar-refractivity contribution < 1.29 is 48.4 Å². The number of hydrogen-bond acceptors (Lipinski definition) is 4. The van der Waals surface area contributed by atoms with Gasteiger partial charge in [-0.15, -0.1) is 0 Å². The summed E-state index contributed by atoms with van der Waals surface area (Å²) in [5.74, 6) is 0. The zero-order valence-electron chi connectivity index (χ0n) is 6.92. The van der Waals surface area contributed by atoms with Crippen LogP contribution in [0.25, 0.3) is 0 Å². The van der Waals surface area contributed by atoms with Crippen molar-refractivity contribution in [3.8, 4) is 0 Å². The predicted octanol–water partition coefficient (Wildman–Crippen LogP) is 1.03. The summed E-state index contributed by atoms with van der Waals surface area (Å²) in [7, 11) is -6.38. The molecule has 13 heteroatoms. The molecule has 0 heterocycles. The maximum absolute atomic E-state index is 12.4. The first kappa shape index (κ1) is 19.7. The van der Waals surface area contributed by atoms with Gasteiger partial charge in [0.15, 0.2) is 0 Å². The summed E-state index contributed by atoms with van der Waals surface area (Å²) in [5, 5.41) is -5.67. The molecule has 2 unspecified atom stereocenters. The Bertz CT molecular complexity index is 322. The third-order valence-electron chi connectivity index (χ3n) is 1.13. The molecule has 4 nitrogen and oxygen atoms in total. The van der Waals surface area contributed by atoms with Crippen molar-refractivity contribution in [1.82, 2.24) is 0 Å². The third kappa shape index (κ3) is 4.87. The second-order valence-corrected chi connectivity index (χ2v) is 3.80. The Morgan fingerprint density at radius 2 is 1.47 bits per heavy atom. The van der Waals surface area contributed by atoms with E-state index < -0.39 is 34.5 Å². The fourth-order valence-electron chi connectivity index (χ4n) is 0.408. The second-order valence-electron chi connectivity index (χ2n) is 2.22. The summed E-state index contributed by atoms with van der Waals surface area (Å²) in [6.45, 7) is 0. The SMILES string of the molecule is O=S(=O)(OF)C(F)(F)C(F)OC(F)C(F)F.[NaH]. The molecular weight excluding hydrogens is 300 g/mol. The van der Waals surface area contributed by atoms with Crippen molar-refractivity contribution in [3.63, 3.8) is 0 Å². The normalized spacial score (nSPS) is 16.5. The first-order valence-corrected chi connectivity index (χ1v) is 4.61. The zero-order chi connectivity index (χ0) is 13.1. The molecule has 100 valence electrons. The van der Waals surface area contributed by atoms with Gasteiger partial charge in [0, 0.05) is 0 Å². The van der Waals surface area contributed by atoms with E-state index in [4.69, 9.17) is 0 Å². The zero-order valence-corrected chi connectivity index (χ0v) is 7.74. The molecule has 17 heavy (non-hydrogen) atoms. The summed E-state index contributed by atoms with van der Waals surface area (Å²) < 4.78 is 107. The minimum absolute atomic E-state index is 0. The van der Waals surface area contributed by atoms with E-state index >= 15 is 0 Å². The molecule has 0 aliphatic rings.